The van der Waals surface area contributed by atoms with Gasteiger partial charge >= 0.3 is 0 Å². The lowest BCUT2D eigenvalue weighted by atomic mass is 9.96. The second-order valence-corrected chi connectivity index (χ2v) is 12.4. The summed E-state index contributed by atoms with van der Waals surface area (Å²) < 4.78 is 12.4. The molecule has 3 heterocycles. The first-order valence-corrected chi connectivity index (χ1v) is 16.7. The molecule has 7 nitrogen and oxygen atoms in total. The average Bonchev–Trinajstić information content (AvgIpc) is 3.47. The molecule has 0 aliphatic carbocycles. The summed E-state index contributed by atoms with van der Waals surface area (Å²) in [4.78, 5) is 12.8. The number of anilines is 2. The molecule has 1 aliphatic heterocycles. The number of aromatic nitrogens is 2. The topological polar surface area (TPSA) is 83.3 Å². The number of hydrogen-bond acceptors (Lipinski definition) is 9. The van der Waals surface area contributed by atoms with E-state index in [9.17, 15) is 5.26 Å². The number of nitriles is 1. The number of hydrogen-bond donors (Lipinski definition) is 1. The molecule has 0 atom stereocenters. The van der Waals surface area contributed by atoms with Gasteiger partial charge in [0.05, 0.1) is 40.2 Å². The first-order valence-electron chi connectivity index (χ1n) is 14.6. The molecule has 0 unspecified atom stereocenters. The van der Waals surface area contributed by atoms with Crippen molar-refractivity contribution in [2.24, 2.45) is 0 Å². The van der Waals surface area contributed by atoms with Gasteiger partial charge in [0.15, 0.2) is 0 Å². The van der Waals surface area contributed by atoms with E-state index >= 15 is 0 Å². The summed E-state index contributed by atoms with van der Waals surface area (Å²) in [5.41, 5.74) is 6.40. The highest BCUT2D eigenvalue weighted by atomic mass is 32.2. The Labute approximate surface area is 266 Å². The Morgan fingerprint density at radius 2 is 1.77 bits per heavy atom. The van der Waals surface area contributed by atoms with Crippen molar-refractivity contribution < 1.29 is 9.47 Å². The molecule has 0 saturated carbocycles. The van der Waals surface area contributed by atoms with Crippen molar-refractivity contribution in [2.75, 3.05) is 51.0 Å². The molecule has 1 saturated heterocycles. The van der Waals surface area contributed by atoms with Gasteiger partial charge < -0.3 is 14.8 Å². The van der Waals surface area contributed by atoms with E-state index in [1.807, 2.05) is 60.9 Å². The number of morpholine rings is 1. The highest BCUT2D eigenvalue weighted by Crippen LogP contribution is 2.46. The van der Waals surface area contributed by atoms with Gasteiger partial charge in [0.2, 0.25) is 5.95 Å². The van der Waals surface area contributed by atoms with E-state index < -0.39 is 0 Å². The maximum atomic E-state index is 10.2. The Morgan fingerprint density at radius 1 is 0.977 bits per heavy atom. The standard InChI is InChI=1S/C35H33N5O2S2/c1-43-34-30(24-36)32(27-11-5-10-26(22-27)25-8-3-2-4-9-25)33(44-34)31-14-15-37-35(39-31)38-28-12-6-13-29(23-28)42-19-7-16-40-17-20-41-21-18-40/h2-6,8-15,22-23H,7,16-21H2,1H3,(H,37,38,39). The molecule has 6 rings (SSSR count). The van der Waals surface area contributed by atoms with Crippen LogP contribution < -0.4 is 10.1 Å². The molecular formula is C35H33N5O2S2. The molecule has 1 aliphatic rings. The molecule has 0 spiro atoms. The summed E-state index contributed by atoms with van der Waals surface area (Å²) in [7, 11) is 0. The molecule has 3 aromatic carbocycles. The molecule has 0 amide bonds. The van der Waals surface area contributed by atoms with Crippen molar-refractivity contribution in [1.29, 1.82) is 5.26 Å². The van der Waals surface area contributed by atoms with Crippen LogP contribution in [0.5, 0.6) is 5.75 Å². The van der Waals surface area contributed by atoms with Crippen LogP contribution >= 0.6 is 23.1 Å². The summed E-state index contributed by atoms with van der Waals surface area (Å²) in [6.45, 7) is 5.26. The van der Waals surface area contributed by atoms with Crippen molar-refractivity contribution in [3.05, 3.63) is 96.7 Å². The highest BCUT2D eigenvalue weighted by molar-refractivity contribution is 8.00. The fourth-order valence-corrected chi connectivity index (χ4v) is 7.15. The Bertz CT molecular complexity index is 1750. The molecular weight excluding hydrogens is 587 g/mol. The molecule has 1 N–H and O–H groups in total. The van der Waals surface area contributed by atoms with E-state index in [1.54, 1.807) is 29.3 Å². The van der Waals surface area contributed by atoms with Crippen molar-refractivity contribution in [3.63, 3.8) is 0 Å². The number of benzene rings is 3. The van der Waals surface area contributed by atoms with E-state index in [1.165, 1.54) is 0 Å². The van der Waals surface area contributed by atoms with Crippen molar-refractivity contribution in [2.45, 2.75) is 10.6 Å². The average molecular weight is 620 g/mol. The summed E-state index contributed by atoms with van der Waals surface area (Å²) in [5.74, 6) is 1.28. The van der Waals surface area contributed by atoms with Gasteiger partial charge in [0, 0.05) is 43.1 Å². The molecule has 0 bridgehead atoms. The van der Waals surface area contributed by atoms with Gasteiger partial charge in [-0.25, -0.2) is 9.97 Å². The number of thiophene rings is 1. The minimum absolute atomic E-state index is 0.480. The maximum absolute atomic E-state index is 10.2. The van der Waals surface area contributed by atoms with Crippen molar-refractivity contribution in [1.82, 2.24) is 14.9 Å². The summed E-state index contributed by atoms with van der Waals surface area (Å²) in [5, 5.41) is 13.6. The van der Waals surface area contributed by atoms with Crippen LogP contribution in [0, 0.1) is 11.3 Å². The Kier molecular flexibility index (Phi) is 9.85. The van der Waals surface area contributed by atoms with E-state index in [2.05, 4.69) is 51.6 Å². The fraction of sp³-hybridized carbons (Fsp3) is 0.229. The molecule has 44 heavy (non-hydrogen) atoms. The smallest absolute Gasteiger partial charge is 0.227 e. The van der Waals surface area contributed by atoms with E-state index in [-0.39, 0.29) is 0 Å². The van der Waals surface area contributed by atoms with Gasteiger partial charge in [0.25, 0.3) is 0 Å². The highest BCUT2D eigenvalue weighted by Gasteiger charge is 2.22. The van der Waals surface area contributed by atoms with Gasteiger partial charge in [0.1, 0.15) is 11.8 Å². The van der Waals surface area contributed by atoms with Crippen LogP contribution in [0.25, 0.3) is 32.8 Å². The monoisotopic (exact) mass is 619 g/mol. The molecule has 1 fully saturated rings. The minimum atomic E-state index is 0.480. The molecule has 222 valence electrons. The van der Waals surface area contributed by atoms with Gasteiger partial charge in [-0.15, -0.1) is 23.1 Å². The second-order valence-electron chi connectivity index (χ2n) is 10.3. The van der Waals surface area contributed by atoms with Crippen LogP contribution in [0.3, 0.4) is 0 Å². The van der Waals surface area contributed by atoms with E-state index in [4.69, 9.17) is 14.5 Å². The summed E-state index contributed by atoms with van der Waals surface area (Å²) in [6, 6.07) is 30.9. The van der Waals surface area contributed by atoms with Crippen LogP contribution in [0.1, 0.15) is 12.0 Å². The third-order valence-electron chi connectivity index (χ3n) is 7.40. The zero-order valence-electron chi connectivity index (χ0n) is 24.5. The number of rotatable bonds is 11. The van der Waals surface area contributed by atoms with Crippen molar-refractivity contribution in [3.8, 4) is 44.6 Å². The van der Waals surface area contributed by atoms with E-state index in [0.29, 0.717) is 18.1 Å². The SMILES string of the molecule is CSc1sc(-c2ccnc(Nc3cccc(OCCCN4CCOCC4)c3)n2)c(-c2cccc(-c3ccccc3)c2)c1C#N. The first kappa shape index (κ1) is 29.9. The number of nitrogens with one attached hydrogen (secondary N) is 1. The minimum Gasteiger partial charge on any atom is -0.493 e. The van der Waals surface area contributed by atoms with Crippen molar-refractivity contribution >= 4 is 34.7 Å². The zero-order chi connectivity index (χ0) is 30.1. The Hall–Kier alpha value is -4.20. The molecule has 0 radical (unpaired) electrons. The van der Waals surface area contributed by atoms with Crippen LogP contribution in [0.2, 0.25) is 0 Å². The Morgan fingerprint density at radius 3 is 2.59 bits per heavy atom. The third kappa shape index (κ3) is 7.12. The number of ether oxygens (including phenoxy) is 2. The van der Waals surface area contributed by atoms with Gasteiger partial charge in [-0.3, -0.25) is 4.90 Å². The van der Waals surface area contributed by atoms with Crippen LogP contribution in [-0.4, -0.2) is 60.6 Å². The summed E-state index contributed by atoms with van der Waals surface area (Å²) >= 11 is 3.18. The molecule has 9 heteroatoms. The number of thioether (sulfide) groups is 1. The third-order valence-corrected chi connectivity index (χ3v) is 9.73. The quantitative estimate of drug-likeness (QED) is 0.118. The lowest BCUT2D eigenvalue weighted by molar-refractivity contribution is 0.0358. The van der Waals surface area contributed by atoms with Gasteiger partial charge in [-0.1, -0.05) is 54.6 Å². The number of nitrogens with zero attached hydrogens (tertiary/aromatic N) is 4. The van der Waals surface area contributed by atoms with Crippen LogP contribution in [0.4, 0.5) is 11.6 Å². The first-order chi connectivity index (χ1) is 21.7. The summed E-state index contributed by atoms with van der Waals surface area (Å²) in [6.07, 6.45) is 4.72. The van der Waals surface area contributed by atoms with Crippen LogP contribution in [-0.2, 0) is 4.74 Å². The zero-order valence-corrected chi connectivity index (χ0v) is 26.2. The fourth-order valence-electron chi connectivity index (χ4n) is 5.24. The predicted molar refractivity (Wildman–Crippen MR) is 180 cm³/mol. The van der Waals surface area contributed by atoms with E-state index in [0.717, 1.165) is 87.7 Å². The molecule has 5 aromatic rings. The Balaban J connectivity index is 1.22. The normalized spacial score (nSPS) is 13.4. The maximum Gasteiger partial charge on any atom is 0.227 e. The van der Waals surface area contributed by atoms with Crippen LogP contribution in [0.15, 0.2) is 95.3 Å². The largest absolute Gasteiger partial charge is 0.493 e. The van der Waals surface area contributed by atoms with Gasteiger partial charge in [-0.2, -0.15) is 5.26 Å². The van der Waals surface area contributed by atoms with Gasteiger partial charge in [-0.05, 0) is 53.6 Å². The second kappa shape index (κ2) is 14.5. The lowest BCUT2D eigenvalue weighted by Crippen LogP contribution is -2.37. The molecule has 2 aromatic heterocycles. The lowest BCUT2D eigenvalue weighted by Gasteiger charge is -2.26. The predicted octanol–water partition coefficient (Wildman–Crippen LogP) is 7.98.